The van der Waals surface area contributed by atoms with E-state index >= 15 is 0 Å². The minimum atomic E-state index is -1.21. The summed E-state index contributed by atoms with van der Waals surface area (Å²) >= 11 is 0. The number of nitrogens with one attached hydrogen (secondary N) is 2. The quantitative estimate of drug-likeness (QED) is 0.591. The maximum absolute atomic E-state index is 13.2. The lowest BCUT2D eigenvalue weighted by atomic mass is 9.92. The fraction of sp³-hybridized carbons (Fsp3) is 0.423. The van der Waals surface area contributed by atoms with Gasteiger partial charge in [0.15, 0.2) is 0 Å². The second-order valence-electron chi connectivity index (χ2n) is 9.26. The second kappa shape index (κ2) is 10.2. The lowest BCUT2D eigenvalue weighted by Gasteiger charge is -2.33. The molecule has 2 aromatic carbocycles. The van der Waals surface area contributed by atoms with Crippen LogP contribution in [0.25, 0.3) is 0 Å². The SMILES string of the molecule is C[C@@]1(c2ccccc2)NC(=O)N(CC(=O)Nc2ccc(N3CCOCC3)cc2N2CCOCC2)C1=O. The molecule has 0 bridgehead atoms. The Labute approximate surface area is 210 Å². The average molecular weight is 494 g/mol. The van der Waals surface area contributed by atoms with Crippen molar-refractivity contribution in [3.63, 3.8) is 0 Å². The van der Waals surface area contributed by atoms with Gasteiger partial charge in [-0.3, -0.25) is 14.5 Å². The number of hydrogen-bond donors (Lipinski definition) is 2. The number of nitrogens with zero attached hydrogens (tertiary/aromatic N) is 3. The van der Waals surface area contributed by atoms with Gasteiger partial charge in [-0.1, -0.05) is 30.3 Å². The van der Waals surface area contributed by atoms with Gasteiger partial charge < -0.3 is 29.9 Å². The molecule has 4 amide bonds. The van der Waals surface area contributed by atoms with E-state index in [4.69, 9.17) is 9.47 Å². The zero-order valence-corrected chi connectivity index (χ0v) is 20.4. The zero-order chi connectivity index (χ0) is 25.1. The van der Waals surface area contributed by atoms with Crippen molar-refractivity contribution in [2.45, 2.75) is 12.5 Å². The predicted octanol–water partition coefficient (Wildman–Crippen LogP) is 1.77. The van der Waals surface area contributed by atoms with Crippen molar-refractivity contribution in [1.82, 2.24) is 10.2 Å². The fourth-order valence-electron chi connectivity index (χ4n) is 4.85. The third kappa shape index (κ3) is 4.74. The molecule has 2 aromatic rings. The largest absolute Gasteiger partial charge is 0.378 e. The monoisotopic (exact) mass is 493 g/mol. The number of imide groups is 1. The van der Waals surface area contributed by atoms with Crippen LogP contribution in [0.1, 0.15) is 12.5 Å². The van der Waals surface area contributed by atoms with Crippen LogP contribution in [0.4, 0.5) is 21.9 Å². The number of carbonyl (C=O) groups is 3. The van der Waals surface area contributed by atoms with Gasteiger partial charge >= 0.3 is 6.03 Å². The van der Waals surface area contributed by atoms with Crippen LogP contribution < -0.4 is 20.4 Å². The predicted molar refractivity (Wildman–Crippen MR) is 135 cm³/mol. The van der Waals surface area contributed by atoms with Gasteiger partial charge in [0.25, 0.3) is 5.91 Å². The topological polar surface area (TPSA) is 103 Å². The maximum atomic E-state index is 13.2. The van der Waals surface area contributed by atoms with E-state index in [1.54, 1.807) is 19.1 Å². The summed E-state index contributed by atoms with van der Waals surface area (Å²) in [6, 6.07) is 14.4. The Bertz CT molecular complexity index is 1130. The summed E-state index contributed by atoms with van der Waals surface area (Å²) in [5.41, 5.74) is 2.04. The lowest BCUT2D eigenvalue weighted by Crippen LogP contribution is -2.42. The van der Waals surface area contributed by atoms with Gasteiger partial charge in [0, 0.05) is 31.9 Å². The van der Waals surface area contributed by atoms with Gasteiger partial charge in [-0.25, -0.2) is 4.79 Å². The summed E-state index contributed by atoms with van der Waals surface area (Å²) in [6.45, 7) is 6.88. The molecule has 0 aromatic heterocycles. The highest BCUT2D eigenvalue weighted by molar-refractivity contribution is 6.10. The summed E-state index contributed by atoms with van der Waals surface area (Å²) in [4.78, 5) is 44.3. The average Bonchev–Trinajstić information content (AvgIpc) is 3.14. The Kier molecular flexibility index (Phi) is 6.80. The fourth-order valence-corrected chi connectivity index (χ4v) is 4.85. The number of urea groups is 1. The summed E-state index contributed by atoms with van der Waals surface area (Å²) < 4.78 is 11.0. The minimum absolute atomic E-state index is 0.374. The Balaban J connectivity index is 1.33. The Morgan fingerprint density at radius 1 is 0.944 bits per heavy atom. The molecule has 3 aliphatic heterocycles. The molecule has 190 valence electrons. The van der Waals surface area contributed by atoms with Crippen molar-refractivity contribution in [2.24, 2.45) is 0 Å². The number of benzene rings is 2. The van der Waals surface area contributed by atoms with Crippen LogP contribution in [0, 0.1) is 0 Å². The third-order valence-electron chi connectivity index (χ3n) is 6.91. The normalized spacial score (nSPS) is 22.5. The molecule has 3 fully saturated rings. The summed E-state index contributed by atoms with van der Waals surface area (Å²) in [5, 5.41) is 5.68. The van der Waals surface area contributed by atoms with E-state index in [2.05, 4.69) is 26.5 Å². The van der Waals surface area contributed by atoms with Gasteiger partial charge in [-0.15, -0.1) is 0 Å². The molecule has 36 heavy (non-hydrogen) atoms. The van der Waals surface area contributed by atoms with E-state index in [1.807, 2.05) is 30.3 Å². The third-order valence-corrected chi connectivity index (χ3v) is 6.91. The van der Waals surface area contributed by atoms with Crippen molar-refractivity contribution in [3.05, 3.63) is 54.1 Å². The smallest absolute Gasteiger partial charge is 0.325 e. The Hall–Kier alpha value is -3.63. The highest BCUT2D eigenvalue weighted by Crippen LogP contribution is 2.33. The molecule has 0 aliphatic carbocycles. The van der Waals surface area contributed by atoms with Gasteiger partial charge in [-0.2, -0.15) is 0 Å². The maximum Gasteiger partial charge on any atom is 0.325 e. The van der Waals surface area contributed by atoms with Crippen molar-refractivity contribution in [3.8, 4) is 0 Å². The molecule has 0 saturated carbocycles. The summed E-state index contributed by atoms with van der Waals surface area (Å²) in [6.07, 6.45) is 0. The minimum Gasteiger partial charge on any atom is -0.378 e. The number of hydrogen-bond acceptors (Lipinski definition) is 7. The first-order valence-electron chi connectivity index (χ1n) is 12.2. The first kappa shape index (κ1) is 24.1. The molecule has 2 N–H and O–H groups in total. The van der Waals surface area contributed by atoms with Crippen LogP contribution in [0.3, 0.4) is 0 Å². The number of amides is 4. The molecule has 0 radical (unpaired) electrons. The van der Waals surface area contributed by atoms with E-state index in [1.165, 1.54) is 0 Å². The van der Waals surface area contributed by atoms with E-state index in [0.29, 0.717) is 50.8 Å². The van der Waals surface area contributed by atoms with Gasteiger partial charge in [0.1, 0.15) is 12.1 Å². The van der Waals surface area contributed by atoms with E-state index in [0.717, 1.165) is 29.4 Å². The van der Waals surface area contributed by atoms with Crippen LogP contribution in [0.5, 0.6) is 0 Å². The molecule has 3 saturated heterocycles. The molecule has 5 rings (SSSR count). The van der Waals surface area contributed by atoms with E-state index in [9.17, 15) is 14.4 Å². The van der Waals surface area contributed by atoms with Crippen molar-refractivity contribution >= 4 is 34.9 Å². The van der Waals surface area contributed by atoms with Gasteiger partial charge in [0.2, 0.25) is 5.91 Å². The van der Waals surface area contributed by atoms with Crippen molar-refractivity contribution in [1.29, 1.82) is 0 Å². The van der Waals surface area contributed by atoms with Crippen LogP contribution in [-0.2, 0) is 24.6 Å². The molecular weight excluding hydrogens is 462 g/mol. The summed E-state index contributed by atoms with van der Waals surface area (Å²) in [5.74, 6) is -0.894. The molecule has 1 atom stereocenters. The zero-order valence-electron chi connectivity index (χ0n) is 20.4. The highest BCUT2D eigenvalue weighted by atomic mass is 16.5. The number of morpholine rings is 2. The van der Waals surface area contributed by atoms with Crippen LogP contribution in [-0.4, -0.2) is 81.9 Å². The molecule has 0 spiro atoms. The molecule has 10 nitrogen and oxygen atoms in total. The van der Waals surface area contributed by atoms with Crippen molar-refractivity contribution < 1.29 is 23.9 Å². The standard InChI is InChI=1S/C26H31N5O5/c1-26(19-5-3-2-4-6-19)24(33)31(25(34)28-26)18-23(32)27-21-8-7-20(29-9-13-35-14-10-29)17-22(21)30-11-15-36-16-12-30/h2-8,17H,9-16,18H2,1H3,(H,27,32)(H,28,34)/t26-/m0/s1. The van der Waals surface area contributed by atoms with Gasteiger partial charge in [0.05, 0.1) is 37.8 Å². The first-order chi connectivity index (χ1) is 17.5. The van der Waals surface area contributed by atoms with Crippen LogP contribution >= 0.6 is 0 Å². The number of rotatable bonds is 6. The van der Waals surface area contributed by atoms with Gasteiger partial charge in [-0.05, 0) is 30.7 Å². The molecule has 10 heteroatoms. The summed E-state index contributed by atoms with van der Waals surface area (Å²) in [7, 11) is 0. The van der Waals surface area contributed by atoms with E-state index in [-0.39, 0.29) is 6.54 Å². The van der Waals surface area contributed by atoms with Crippen LogP contribution in [0.2, 0.25) is 0 Å². The molecular formula is C26H31N5O5. The highest BCUT2D eigenvalue weighted by Gasteiger charge is 2.49. The second-order valence-corrected chi connectivity index (χ2v) is 9.26. The molecule has 3 heterocycles. The molecule has 0 unspecified atom stereocenters. The lowest BCUT2D eigenvalue weighted by molar-refractivity contribution is -0.133. The number of ether oxygens (including phenoxy) is 2. The van der Waals surface area contributed by atoms with E-state index < -0.39 is 23.4 Å². The van der Waals surface area contributed by atoms with Crippen molar-refractivity contribution in [2.75, 3.05) is 74.3 Å². The Morgan fingerprint density at radius 2 is 1.58 bits per heavy atom. The first-order valence-corrected chi connectivity index (χ1v) is 12.2. The molecule has 3 aliphatic rings. The number of carbonyl (C=O) groups excluding carboxylic acids is 3. The van der Waals surface area contributed by atoms with Crippen LogP contribution in [0.15, 0.2) is 48.5 Å². The number of anilines is 3. The Morgan fingerprint density at radius 3 is 2.25 bits per heavy atom.